The van der Waals surface area contributed by atoms with Crippen LogP contribution in [-0.2, 0) is 13.1 Å². The Bertz CT molecular complexity index is 423. The van der Waals surface area contributed by atoms with Gasteiger partial charge in [0.05, 0.1) is 6.54 Å². The van der Waals surface area contributed by atoms with E-state index in [1.54, 1.807) is 0 Å². The van der Waals surface area contributed by atoms with Crippen LogP contribution in [0.1, 0.15) is 44.3 Å². The number of hydrogen-bond acceptors (Lipinski definition) is 4. The lowest BCUT2D eigenvalue weighted by Gasteiger charge is -2.33. The van der Waals surface area contributed by atoms with Crippen molar-refractivity contribution >= 4 is 12.4 Å². The second-order valence-electron chi connectivity index (χ2n) is 6.27. The smallest absolute Gasteiger partial charge is 0.147 e. The van der Waals surface area contributed by atoms with Gasteiger partial charge in [0.15, 0.2) is 0 Å². The van der Waals surface area contributed by atoms with Crippen molar-refractivity contribution in [3.05, 3.63) is 11.6 Å². The zero-order chi connectivity index (χ0) is 13.2. The summed E-state index contributed by atoms with van der Waals surface area (Å²) in [6.07, 6.45) is 2.47. The first-order chi connectivity index (χ1) is 9.24. The molecule has 6 heteroatoms. The number of nitrogens with one attached hydrogen (secondary N) is 1. The van der Waals surface area contributed by atoms with Gasteiger partial charge in [-0.3, -0.25) is 0 Å². The molecule has 1 N–H and O–H groups in total. The van der Waals surface area contributed by atoms with Gasteiger partial charge in [-0.05, 0) is 31.8 Å². The summed E-state index contributed by atoms with van der Waals surface area (Å²) in [6, 6.07) is 0. The second-order valence-corrected chi connectivity index (χ2v) is 6.27. The maximum Gasteiger partial charge on any atom is 0.147 e. The topological polar surface area (TPSA) is 46.0 Å². The summed E-state index contributed by atoms with van der Waals surface area (Å²) in [5.74, 6) is 3.73. The maximum atomic E-state index is 4.46. The predicted octanol–water partition coefficient (Wildman–Crippen LogP) is 1.64. The van der Waals surface area contributed by atoms with Gasteiger partial charge in [-0.15, -0.1) is 22.6 Å². The van der Waals surface area contributed by atoms with Gasteiger partial charge < -0.3 is 14.8 Å². The second kappa shape index (κ2) is 6.87. The third-order valence-corrected chi connectivity index (χ3v) is 4.23. The Balaban J connectivity index is 0.00000147. The third kappa shape index (κ3) is 3.32. The van der Waals surface area contributed by atoms with E-state index in [-0.39, 0.29) is 12.4 Å². The lowest BCUT2D eigenvalue weighted by molar-refractivity contribution is 0.187. The first kappa shape index (κ1) is 15.7. The van der Waals surface area contributed by atoms with Crippen LogP contribution in [0.3, 0.4) is 0 Å². The van der Waals surface area contributed by atoms with Crippen LogP contribution in [0.5, 0.6) is 0 Å². The molecule has 1 fully saturated rings. The molecule has 0 unspecified atom stereocenters. The molecule has 0 atom stereocenters. The Labute approximate surface area is 127 Å². The Morgan fingerprint density at radius 1 is 1.20 bits per heavy atom. The molecule has 1 saturated heterocycles. The summed E-state index contributed by atoms with van der Waals surface area (Å²) in [5, 5.41) is 12.2. The fourth-order valence-electron chi connectivity index (χ4n) is 3.31. The molecule has 1 aromatic rings. The number of rotatable bonds is 3. The van der Waals surface area contributed by atoms with E-state index in [2.05, 4.69) is 38.8 Å². The van der Waals surface area contributed by atoms with Crippen LogP contribution in [-0.4, -0.2) is 45.8 Å². The maximum absolute atomic E-state index is 4.46. The van der Waals surface area contributed by atoms with E-state index in [0.717, 1.165) is 31.4 Å². The van der Waals surface area contributed by atoms with E-state index in [1.807, 2.05) is 0 Å². The monoisotopic (exact) mass is 299 g/mol. The molecule has 0 amide bonds. The van der Waals surface area contributed by atoms with Crippen molar-refractivity contribution in [2.24, 2.45) is 5.92 Å². The van der Waals surface area contributed by atoms with Crippen LogP contribution in [0.4, 0.5) is 0 Å². The van der Waals surface area contributed by atoms with Crippen molar-refractivity contribution < 1.29 is 0 Å². The van der Waals surface area contributed by atoms with E-state index in [1.165, 1.54) is 38.3 Å². The first-order valence-corrected chi connectivity index (χ1v) is 7.59. The van der Waals surface area contributed by atoms with Crippen molar-refractivity contribution in [2.75, 3.05) is 26.2 Å². The highest BCUT2D eigenvalue weighted by Crippen LogP contribution is 2.28. The van der Waals surface area contributed by atoms with Crippen molar-refractivity contribution in [1.29, 1.82) is 0 Å². The van der Waals surface area contributed by atoms with Gasteiger partial charge in [-0.2, -0.15) is 0 Å². The normalized spacial score (nSPS) is 20.8. The Morgan fingerprint density at radius 3 is 2.65 bits per heavy atom. The average molecular weight is 300 g/mol. The molecule has 114 valence electrons. The highest BCUT2D eigenvalue weighted by atomic mass is 35.5. The van der Waals surface area contributed by atoms with Crippen LogP contribution in [0, 0.1) is 5.92 Å². The van der Waals surface area contributed by atoms with Crippen molar-refractivity contribution in [2.45, 2.75) is 45.7 Å². The third-order valence-electron chi connectivity index (χ3n) is 4.23. The SMILES string of the molecule is CC(C)CN1CCC(c2nnc3n2CCNC3)CC1.Cl. The zero-order valence-electron chi connectivity index (χ0n) is 12.5. The van der Waals surface area contributed by atoms with E-state index in [9.17, 15) is 0 Å². The van der Waals surface area contributed by atoms with Crippen molar-refractivity contribution in [3.63, 3.8) is 0 Å². The molecular formula is C14H26ClN5. The Morgan fingerprint density at radius 2 is 1.95 bits per heavy atom. The van der Waals surface area contributed by atoms with Gasteiger partial charge in [0.25, 0.3) is 0 Å². The summed E-state index contributed by atoms with van der Waals surface area (Å²) >= 11 is 0. The molecule has 5 nitrogen and oxygen atoms in total. The molecule has 0 aromatic carbocycles. The standard InChI is InChI=1S/C14H25N5.ClH/c1-11(2)10-18-6-3-12(4-7-18)14-17-16-13-9-15-5-8-19(13)14;/h11-12,15H,3-10H2,1-2H3;1H. The summed E-state index contributed by atoms with van der Waals surface area (Å²) in [5.41, 5.74) is 0. The molecule has 1 aromatic heterocycles. The van der Waals surface area contributed by atoms with Gasteiger partial charge >= 0.3 is 0 Å². The van der Waals surface area contributed by atoms with Crippen LogP contribution in [0.2, 0.25) is 0 Å². The number of fused-ring (bicyclic) bond motifs is 1. The lowest BCUT2D eigenvalue weighted by atomic mass is 9.95. The van der Waals surface area contributed by atoms with Crippen LogP contribution < -0.4 is 5.32 Å². The van der Waals surface area contributed by atoms with Crippen molar-refractivity contribution in [1.82, 2.24) is 25.0 Å². The fourth-order valence-corrected chi connectivity index (χ4v) is 3.31. The first-order valence-electron chi connectivity index (χ1n) is 7.59. The molecule has 0 bridgehead atoms. The van der Waals surface area contributed by atoms with Gasteiger partial charge in [-0.25, -0.2) is 0 Å². The minimum absolute atomic E-state index is 0. The van der Waals surface area contributed by atoms with E-state index in [4.69, 9.17) is 0 Å². The molecular weight excluding hydrogens is 274 g/mol. The molecule has 20 heavy (non-hydrogen) atoms. The summed E-state index contributed by atoms with van der Waals surface area (Å²) in [7, 11) is 0. The van der Waals surface area contributed by atoms with Crippen LogP contribution in [0.25, 0.3) is 0 Å². The van der Waals surface area contributed by atoms with Crippen molar-refractivity contribution in [3.8, 4) is 0 Å². The molecule has 0 spiro atoms. The predicted molar refractivity (Wildman–Crippen MR) is 82.2 cm³/mol. The minimum Gasteiger partial charge on any atom is -0.312 e. The van der Waals surface area contributed by atoms with Crippen LogP contribution >= 0.6 is 12.4 Å². The highest BCUT2D eigenvalue weighted by Gasteiger charge is 2.26. The summed E-state index contributed by atoms with van der Waals surface area (Å²) < 4.78 is 2.35. The number of piperidine rings is 1. The number of halogens is 1. The molecule has 0 aliphatic carbocycles. The van der Waals surface area contributed by atoms with E-state index < -0.39 is 0 Å². The molecule has 3 rings (SSSR count). The summed E-state index contributed by atoms with van der Waals surface area (Å²) in [4.78, 5) is 2.59. The van der Waals surface area contributed by atoms with Gasteiger partial charge in [0, 0.05) is 25.6 Å². The van der Waals surface area contributed by atoms with E-state index >= 15 is 0 Å². The largest absolute Gasteiger partial charge is 0.312 e. The lowest BCUT2D eigenvalue weighted by Crippen LogP contribution is -2.36. The number of aromatic nitrogens is 3. The molecule has 0 saturated carbocycles. The Kier molecular flexibility index (Phi) is 5.41. The van der Waals surface area contributed by atoms with E-state index in [0.29, 0.717) is 5.92 Å². The highest BCUT2D eigenvalue weighted by molar-refractivity contribution is 5.85. The number of nitrogens with zero attached hydrogens (tertiary/aromatic N) is 4. The summed E-state index contributed by atoms with van der Waals surface area (Å²) in [6.45, 7) is 11.2. The molecule has 3 heterocycles. The fraction of sp³-hybridized carbons (Fsp3) is 0.857. The van der Waals surface area contributed by atoms with Gasteiger partial charge in [0.1, 0.15) is 11.6 Å². The number of hydrogen-bond donors (Lipinski definition) is 1. The molecule has 0 radical (unpaired) electrons. The number of likely N-dealkylation sites (tertiary alicyclic amines) is 1. The average Bonchev–Trinajstić information content (AvgIpc) is 2.83. The van der Waals surface area contributed by atoms with Crippen LogP contribution in [0.15, 0.2) is 0 Å². The molecule has 2 aliphatic rings. The zero-order valence-corrected chi connectivity index (χ0v) is 13.3. The quantitative estimate of drug-likeness (QED) is 0.922. The Hall–Kier alpha value is -0.650. The van der Waals surface area contributed by atoms with Gasteiger partial charge in [-0.1, -0.05) is 13.8 Å². The molecule has 2 aliphatic heterocycles. The van der Waals surface area contributed by atoms with Gasteiger partial charge in [0.2, 0.25) is 0 Å². The minimum atomic E-state index is 0.